The maximum atomic E-state index is 13.8. The highest BCUT2D eigenvalue weighted by atomic mass is 35.5. The molecule has 0 saturated heterocycles. The van der Waals surface area contributed by atoms with Crippen LogP contribution in [0.5, 0.6) is 0 Å². The number of hydrogen-bond donors (Lipinski definition) is 0. The fourth-order valence-corrected chi connectivity index (χ4v) is 1.77. The largest absolute Gasteiger partial charge is 0.232 e. The Kier molecular flexibility index (Phi) is 3.54. The van der Waals surface area contributed by atoms with Gasteiger partial charge in [-0.25, -0.2) is 18.7 Å². The predicted molar refractivity (Wildman–Crippen MR) is 71.1 cm³/mol. The van der Waals surface area contributed by atoms with Gasteiger partial charge in [-0.3, -0.25) is 0 Å². The molecule has 100 valence electrons. The zero-order valence-corrected chi connectivity index (χ0v) is 11.6. The van der Waals surface area contributed by atoms with Crippen molar-refractivity contribution < 1.29 is 8.78 Å². The van der Waals surface area contributed by atoms with Crippen molar-refractivity contribution in [1.29, 1.82) is 0 Å². The second-order valence-electron chi connectivity index (χ2n) is 5.27. The normalized spacial score (nSPS) is 11.7. The van der Waals surface area contributed by atoms with Gasteiger partial charge in [-0.15, -0.1) is 0 Å². The van der Waals surface area contributed by atoms with Crippen LogP contribution in [0, 0.1) is 11.6 Å². The molecular weight excluding hydrogens is 270 g/mol. The monoisotopic (exact) mass is 282 g/mol. The topological polar surface area (TPSA) is 25.8 Å². The lowest BCUT2D eigenvalue weighted by atomic mass is 9.95. The summed E-state index contributed by atoms with van der Waals surface area (Å²) in [6.07, 6.45) is 0. The first-order chi connectivity index (χ1) is 8.77. The van der Waals surface area contributed by atoms with Gasteiger partial charge in [0, 0.05) is 23.1 Å². The van der Waals surface area contributed by atoms with Gasteiger partial charge in [-0.2, -0.15) is 0 Å². The number of halogens is 3. The molecule has 0 N–H and O–H groups in total. The van der Waals surface area contributed by atoms with Gasteiger partial charge in [0.15, 0.2) is 0 Å². The Balaban J connectivity index is 2.59. The third-order valence-corrected chi connectivity index (χ3v) is 2.77. The fraction of sp³-hybridized carbons (Fsp3) is 0.286. The van der Waals surface area contributed by atoms with E-state index in [0.717, 1.165) is 6.07 Å². The van der Waals surface area contributed by atoms with Gasteiger partial charge >= 0.3 is 0 Å². The Bertz CT molecular complexity index is 621. The molecule has 19 heavy (non-hydrogen) atoms. The van der Waals surface area contributed by atoms with E-state index < -0.39 is 11.6 Å². The van der Waals surface area contributed by atoms with Crippen LogP contribution in [-0.2, 0) is 5.41 Å². The van der Waals surface area contributed by atoms with E-state index in [1.807, 2.05) is 20.8 Å². The Labute approximate surface area is 115 Å². The summed E-state index contributed by atoms with van der Waals surface area (Å²) in [4.78, 5) is 8.44. The highest BCUT2D eigenvalue weighted by molar-refractivity contribution is 6.29. The van der Waals surface area contributed by atoms with Crippen LogP contribution in [-0.4, -0.2) is 9.97 Å². The van der Waals surface area contributed by atoms with Crippen molar-refractivity contribution in [3.8, 4) is 11.3 Å². The minimum atomic E-state index is -0.672. The molecule has 0 bridgehead atoms. The van der Waals surface area contributed by atoms with E-state index in [-0.39, 0.29) is 16.1 Å². The molecule has 0 saturated carbocycles. The smallest absolute Gasteiger partial charge is 0.136 e. The summed E-state index contributed by atoms with van der Waals surface area (Å²) >= 11 is 5.94. The number of rotatable bonds is 1. The minimum absolute atomic E-state index is 0.205. The Morgan fingerprint density at radius 2 is 1.74 bits per heavy atom. The van der Waals surface area contributed by atoms with Gasteiger partial charge in [-0.1, -0.05) is 32.4 Å². The standard InChI is InChI=1S/C14H13ClF2N2/c1-14(2,3)13-18-11(7-12(15)19-13)9-5-4-8(16)6-10(9)17/h4-7H,1-3H3. The Morgan fingerprint density at radius 1 is 1.05 bits per heavy atom. The maximum Gasteiger partial charge on any atom is 0.136 e. The number of nitrogens with zero attached hydrogens (tertiary/aromatic N) is 2. The molecule has 0 aliphatic heterocycles. The zero-order chi connectivity index (χ0) is 14.2. The van der Waals surface area contributed by atoms with E-state index in [0.29, 0.717) is 11.5 Å². The molecule has 5 heteroatoms. The molecule has 2 rings (SSSR count). The molecule has 1 aromatic carbocycles. The van der Waals surface area contributed by atoms with Gasteiger partial charge < -0.3 is 0 Å². The van der Waals surface area contributed by atoms with Crippen LogP contribution in [0.1, 0.15) is 26.6 Å². The Hall–Kier alpha value is -1.55. The molecule has 0 fully saturated rings. The van der Waals surface area contributed by atoms with E-state index in [2.05, 4.69) is 9.97 Å². The number of aromatic nitrogens is 2. The lowest BCUT2D eigenvalue weighted by Gasteiger charge is -2.17. The summed E-state index contributed by atoms with van der Waals surface area (Å²) in [5.41, 5.74) is 0.245. The van der Waals surface area contributed by atoms with E-state index in [9.17, 15) is 8.78 Å². The second kappa shape index (κ2) is 4.85. The SMILES string of the molecule is CC(C)(C)c1nc(Cl)cc(-c2ccc(F)cc2F)n1. The van der Waals surface area contributed by atoms with E-state index in [1.165, 1.54) is 18.2 Å². The summed E-state index contributed by atoms with van der Waals surface area (Å²) in [6, 6.07) is 4.82. The van der Waals surface area contributed by atoms with Gasteiger partial charge in [0.05, 0.1) is 5.69 Å². The molecule has 0 atom stereocenters. The van der Waals surface area contributed by atoms with E-state index >= 15 is 0 Å². The van der Waals surface area contributed by atoms with Gasteiger partial charge in [-0.05, 0) is 12.1 Å². The quantitative estimate of drug-likeness (QED) is 0.726. The average Bonchev–Trinajstić information content (AvgIpc) is 2.26. The van der Waals surface area contributed by atoms with Gasteiger partial charge in [0.2, 0.25) is 0 Å². The minimum Gasteiger partial charge on any atom is -0.232 e. The molecule has 0 amide bonds. The van der Waals surface area contributed by atoms with Crippen LogP contribution < -0.4 is 0 Å². The van der Waals surface area contributed by atoms with E-state index in [4.69, 9.17) is 11.6 Å². The average molecular weight is 283 g/mol. The van der Waals surface area contributed by atoms with Gasteiger partial charge in [0.1, 0.15) is 22.6 Å². The first kappa shape index (κ1) is 13.9. The van der Waals surface area contributed by atoms with Crippen LogP contribution in [0.2, 0.25) is 5.15 Å². The molecule has 1 heterocycles. The van der Waals surface area contributed by atoms with Crippen molar-refractivity contribution in [3.63, 3.8) is 0 Å². The molecule has 0 aliphatic carbocycles. The molecule has 0 aliphatic rings. The molecule has 0 spiro atoms. The molecule has 2 nitrogen and oxygen atoms in total. The molecule has 0 radical (unpaired) electrons. The lowest BCUT2D eigenvalue weighted by Crippen LogP contribution is -2.16. The van der Waals surface area contributed by atoms with Crippen molar-refractivity contribution in [2.75, 3.05) is 0 Å². The van der Waals surface area contributed by atoms with Crippen molar-refractivity contribution >= 4 is 11.6 Å². The fourth-order valence-electron chi connectivity index (χ4n) is 1.59. The number of hydrogen-bond acceptors (Lipinski definition) is 2. The van der Waals surface area contributed by atoms with Crippen LogP contribution in [0.4, 0.5) is 8.78 Å². The third-order valence-electron chi connectivity index (χ3n) is 2.57. The first-order valence-corrected chi connectivity index (χ1v) is 6.15. The first-order valence-electron chi connectivity index (χ1n) is 5.78. The summed E-state index contributed by atoms with van der Waals surface area (Å²) in [5.74, 6) is -0.786. The van der Waals surface area contributed by atoms with Crippen molar-refractivity contribution in [2.45, 2.75) is 26.2 Å². The summed E-state index contributed by atoms with van der Waals surface area (Å²) in [5, 5.41) is 0.235. The molecule has 0 unspecified atom stereocenters. The number of benzene rings is 1. The maximum absolute atomic E-state index is 13.8. The highest BCUT2D eigenvalue weighted by Crippen LogP contribution is 2.27. The van der Waals surface area contributed by atoms with Crippen molar-refractivity contribution in [1.82, 2.24) is 9.97 Å². The van der Waals surface area contributed by atoms with Crippen LogP contribution in [0.25, 0.3) is 11.3 Å². The van der Waals surface area contributed by atoms with Crippen molar-refractivity contribution in [2.24, 2.45) is 0 Å². The predicted octanol–water partition coefficient (Wildman–Crippen LogP) is 4.37. The molecule has 2 aromatic rings. The van der Waals surface area contributed by atoms with Crippen LogP contribution >= 0.6 is 11.6 Å². The summed E-state index contributed by atoms with van der Waals surface area (Å²) in [7, 11) is 0. The van der Waals surface area contributed by atoms with E-state index in [1.54, 1.807) is 0 Å². The Morgan fingerprint density at radius 3 is 2.32 bits per heavy atom. The molecule has 1 aromatic heterocycles. The summed E-state index contributed by atoms with van der Waals surface area (Å²) in [6.45, 7) is 5.80. The molecular formula is C14H13ClF2N2. The lowest BCUT2D eigenvalue weighted by molar-refractivity contribution is 0.545. The third kappa shape index (κ3) is 3.07. The van der Waals surface area contributed by atoms with Gasteiger partial charge in [0.25, 0.3) is 0 Å². The second-order valence-corrected chi connectivity index (χ2v) is 5.66. The van der Waals surface area contributed by atoms with Crippen LogP contribution in [0.3, 0.4) is 0 Å². The highest BCUT2D eigenvalue weighted by Gasteiger charge is 2.20. The van der Waals surface area contributed by atoms with Crippen LogP contribution in [0.15, 0.2) is 24.3 Å². The summed E-state index contributed by atoms with van der Waals surface area (Å²) < 4.78 is 26.7. The zero-order valence-electron chi connectivity index (χ0n) is 10.8. The van der Waals surface area contributed by atoms with Crippen molar-refractivity contribution in [3.05, 3.63) is 46.9 Å².